The highest BCUT2D eigenvalue weighted by Gasteiger charge is 2.01. The van der Waals surface area contributed by atoms with Gasteiger partial charge in [0.2, 0.25) is 0 Å². The Morgan fingerprint density at radius 2 is 1.12 bits per heavy atom. The topological polar surface area (TPSA) is 236 Å². The summed E-state index contributed by atoms with van der Waals surface area (Å²) in [4.78, 5) is 20.9. The van der Waals surface area contributed by atoms with Gasteiger partial charge >= 0.3 is 10.4 Å². The lowest BCUT2D eigenvalue weighted by molar-refractivity contribution is 0.381. The number of hydrogen-bond donors (Lipinski definition) is 6. The molecule has 0 aromatic carbocycles. The fourth-order valence-corrected chi connectivity index (χ4v) is 4.44. The molecule has 0 saturated carbocycles. The van der Waals surface area contributed by atoms with Gasteiger partial charge in [-0.15, -0.1) is 0 Å². The number of nitrogens with zero attached hydrogens (tertiary/aromatic N) is 6. The van der Waals surface area contributed by atoms with Crippen LogP contribution in [0, 0.1) is 0 Å². The Hall–Kier alpha value is -2.67. The Balaban J connectivity index is 0.000000671. The maximum Gasteiger partial charge on any atom is 0.394 e. The predicted molar refractivity (Wildman–Crippen MR) is 171 cm³/mol. The van der Waals surface area contributed by atoms with Gasteiger partial charge < -0.3 is 32.7 Å². The summed E-state index contributed by atoms with van der Waals surface area (Å²) in [6.07, 6.45) is 3.73. The van der Waals surface area contributed by atoms with Gasteiger partial charge in [0.15, 0.2) is 11.9 Å². The summed E-state index contributed by atoms with van der Waals surface area (Å²) in [5.41, 5.74) is 25.8. The molecule has 0 unspecified atom stereocenters. The summed E-state index contributed by atoms with van der Waals surface area (Å²) in [7, 11) is 3.57. The highest BCUT2D eigenvalue weighted by Crippen LogP contribution is 2.13. The van der Waals surface area contributed by atoms with Gasteiger partial charge in [-0.25, -0.2) is 0 Å². The van der Waals surface area contributed by atoms with Crippen LogP contribution in [0.1, 0.15) is 22.5 Å². The molecule has 14 nitrogen and oxygen atoms in total. The number of aromatic nitrogens is 2. The zero-order chi connectivity index (χ0) is 31.3. The van der Waals surface area contributed by atoms with E-state index in [-0.39, 0.29) is 11.9 Å². The molecule has 17 heteroatoms. The Labute approximate surface area is 252 Å². The molecule has 0 saturated heterocycles. The number of pyridine rings is 2. The first kappa shape index (κ1) is 38.3. The molecule has 0 radical (unpaired) electrons. The van der Waals surface area contributed by atoms with E-state index in [2.05, 4.69) is 70.1 Å². The summed E-state index contributed by atoms with van der Waals surface area (Å²) in [5, 5.41) is 0. The van der Waals surface area contributed by atoms with E-state index in [0.717, 1.165) is 47.5 Å². The number of hydrogen-bond acceptors (Lipinski definition) is 10. The molecule has 0 fully saturated rings. The van der Waals surface area contributed by atoms with E-state index in [1.54, 1.807) is 23.5 Å². The summed E-state index contributed by atoms with van der Waals surface area (Å²) >= 11 is 3.56. The second-order valence-corrected chi connectivity index (χ2v) is 12.1. The summed E-state index contributed by atoms with van der Waals surface area (Å²) in [5.74, 6) is 3.89. The number of guanidine groups is 2. The third-order valence-corrected chi connectivity index (χ3v) is 6.26. The largest absolute Gasteiger partial charge is 0.394 e. The fraction of sp³-hybridized carbons (Fsp3) is 0.500. The maximum atomic E-state index is 8.74. The zero-order valence-corrected chi connectivity index (χ0v) is 26.5. The van der Waals surface area contributed by atoms with Crippen LogP contribution in [-0.4, -0.2) is 102 Å². The van der Waals surface area contributed by atoms with Crippen molar-refractivity contribution in [3.05, 3.63) is 59.2 Å². The number of thioether (sulfide) groups is 2. The lowest BCUT2D eigenvalue weighted by Gasteiger charge is -2.10. The van der Waals surface area contributed by atoms with Gasteiger partial charge in [-0.1, -0.05) is 0 Å². The molecule has 0 aliphatic carbocycles. The van der Waals surface area contributed by atoms with Crippen molar-refractivity contribution in [2.45, 2.75) is 24.6 Å². The van der Waals surface area contributed by atoms with Crippen LogP contribution in [0.25, 0.3) is 0 Å². The van der Waals surface area contributed by atoms with Crippen LogP contribution in [0.15, 0.2) is 46.6 Å². The van der Waals surface area contributed by atoms with Gasteiger partial charge in [-0.3, -0.25) is 29.1 Å². The summed E-state index contributed by atoms with van der Waals surface area (Å²) < 4.78 is 31.6. The van der Waals surface area contributed by atoms with Crippen molar-refractivity contribution in [3.8, 4) is 0 Å². The molecule has 41 heavy (non-hydrogen) atoms. The highest BCUT2D eigenvalue weighted by molar-refractivity contribution is 7.98. The van der Waals surface area contributed by atoms with Gasteiger partial charge in [-0.2, -0.15) is 31.9 Å². The quantitative estimate of drug-likeness (QED) is 0.0726. The van der Waals surface area contributed by atoms with Crippen LogP contribution < -0.4 is 22.9 Å². The van der Waals surface area contributed by atoms with Crippen molar-refractivity contribution in [3.63, 3.8) is 0 Å². The minimum absolute atomic E-state index is 0.154. The minimum Gasteiger partial charge on any atom is -0.370 e. The molecule has 10 N–H and O–H groups in total. The summed E-state index contributed by atoms with van der Waals surface area (Å²) in [6, 6.07) is 8.39. The molecule has 2 rings (SSSR count). The van der Waals surface area contributed by atoms with Crippen LogP contribution in [0.4, 0.5) is 0 Å². The molecule has 2 heterocycles. The zero-order valence-electron chi connectivity index (χ0n) is 24.0. The average Bonchev–Trinajstić information content (AvgIpc) is 2.82. The Morgan fingerprint density at radius 3 is 1.41 bits per heavy atom. The first-order valence-corrected chi connectivity index (χ1v) is 16.0. The van der Waals surface area contributed by atoms with Gasteiger partial charge in [0.25, 0.3) is 0 Å². The number of aliphatic imine (C=N–C) groups is 2. The molecule has 2 aromatic rings. The van der Waals surface area contributed by atoms with Crippen molar-refractivity contribution < 1.29 is 17.5 Å². The van der Waals surface area contributed by atoms with E-state index >= 15 is 0 Å². The molecule has 2 aromatic heterocycles. The minimum atomic E-state index is -4.67. The lowest BCUT2D eigenvalue weighted by atomic mass is 10.2. The van der Waals surface area contributed by atoms with Gasteiger partial charge in [0, 0.05) is 48.5 Å². The van der Waals surface area contributed by atoms with Gasteiger partial charge in [0.05, 0.1) is 24.5 Å². The summed E-state index contributed by atoms with van der Waals surface area (Å²) in [6.45, 7) is 3.19. The fourth-order valence-electron chi connectivity index (χ4n) is 2.97. The number of nitrogens with two attached hydrogens (primary N) is 4. The van der Waals surface area contributed by atoms with E-state index < -0.39 is 10.4 Å². The van der Waals surface area contributed by atoms with Gasteiger partial charge in [0.1, 0.15) is 0 Å². The van der Waals surface area contributed by atoms with Crippen molar-refractivity contribution >= 4 is 45.8 Å². The Kier molecular flexibility index (Phi) is 20.6. The average molecular weight is 633 g/mol. The van der Waals surface area contributed by atoms with Crippen LogP contribution in [0.2, 0.25) is 0 Å². The van der Waals surface area contributed by atoms with E-state index in [0.29, 0.717) is 13.1 Å². The molecule has 0 aliphatic rings. The molecular weight excluding hydrogens is 589 g/mol. The molecule has 0 amide bonds. The van der Waals surface area contributed by atoms with Crippen LogP contribution in [0.3, 0.4) is 0 Å². The van der Waals surface area contributed by atoms with E-state index in [9.17, 15) is 0 Å². The van der Waals surface area contributed by atoms with E-state index in [1.807, 2.05) is 24.5 Å². The van der Waals surface area contributed by atoms with Crippen LogP contribution >= 0.6 is 23.5 Å². The van der Waals surface area contributed by atoms with Crippen molar-refractivity contribution in [2.24, 2.45) is 32.9 Å². The van der Waals surface area contributed by atoms with E-state index in [1.165, 1.54) is 11.1 Å². The van der Waals surface area contributed by atoms with Crippen molar-refractivity contribution in [1.82, 2.24) is 19.8 Å². The first-order chi connectivity index (χ1) is 19.2. The molecule has 232 valence electrons. The lowest BCUT2D eigenvalue weighted by Crippen LogP contribution is -2.23. The second-order valence-electron chi connectivity index (χ2n) is 8.95. The number of rotatable bonds is 14. The van der Waals surface area contributed by atoms with Crippen LogP contribution in [0.5, 0.6) is 0 Å². The third kappa shape index (κ3) is 27.3. The molecule has 0 aliphatic heterocycles. The standard InChI is InChI=1S/2C12H21N5S.H2O4S/c2*1-17(2)8-10-3-4-15-11(7-10)9-18-6-5-16-12(13)14;1-5(2,3)4/h2*3-4,7H,5-6,8-9H2,1-2H3,(H4,13,14,16);(H2,1,2,3,4). The molecule has 0 spiro atoms. The molecule has 0 bridgehead atoms. The second kappa shape index (κ2) is 22.0. The Bertz CT molecular complexity index is 1070. The van der Waals surface area contributed by atoms with Crippen molar-refractivity contribution in [1.29, 1.82) is 0 Å². The SMILES string of the molecule is CN(C)Cc1ccnc(CSCCN=C(N)N)c1.CN(C)Cc1ccnc(CSCCN=C(N)N)c1.O=S(=O)(O)O. The normalized spacial score (nSPS) is 10.7. The van der Waals surface area contributed by atoms with Crippen molar-refractivity contribution in [2.75, 3.05) is 52.8 Å². The Morgan fingerprint density at radius 1 is 0.780 bits per heavy atom. The third-order valence-electron chi connectivity index (χ3n) is 4.32. The monoisotopic (exact) mass is 632 g/mol. The predicted octanol–water partition coefficient (Wildman–Crippen LogP) is 0.647. The molecule has 0 atom stereocenters. The maximum absolute atomic E-state index is 8.74. The first-order valence-electron chi connectivity index (χ1n) is 12.3. The van der Waals surface area contributed by atoms with E-state index in [4.69, 9.17) is 40.5 Å². The van der Waals surface area contributed by atoms with Crippen LogP contribution in [-0.2, 0) is 35.0 Å². The molecular formula is C24H44N10O4S3. The highest BCUT2D eigenvalue weighted by atomic mass is 32.3. The smallest absolute Gasteiger partial charge is 0.370 e. The van der Waals surface area contributed by atoms with Gasteiger partial charge in [-0.05, 0) is 63.6 Å².